The van der Waals surface area contributed by atoms with Crippen molar-refractivity contribution < 1.29 is 4.21 Å². The van der Waals surface area contributed by atoms with Gasteiger partial charge in [-0.25, -0.2) is 4.21 Å². The molecular weight excluding hydrogens is 242 g/mol. The van der Waals surface area contributed by atoms with Crippen molar-refractivity contribution >= 4 is 16.7 Å². The van der Waals surface area contributed by atoms with Crippen LogP contribution in [0.4, 0.5) is 5.69 Å². The average molecular weight is 257 g/mol. The Hall–Kier alpha value is -1.61. The number of anilines is 1. The topological polar surface area (TPSA) is 20.3 Å². The normalized spacial score (nSPS) is 17.3. The van der Waals surface area contributed by atoms with Crippen molar-refractivity contribution in [3.8, 4) is 11.1 Å². The van der Waals surface area contributed by atoms with E-state index in [1.165, 1.54) is 5.56 Å². The van der Waals surface area contributed by atoms with Gasteiger partial charge in [-0.3, -0.25) is 4.31 Å². The van der Waals surface area contributed by atoms with E-state index in [0.717, 1.165) is 27.3 Å². The first-order valence-corrected chi connectivity index (χ1v) is 7.06. The van der Waals surface area contributed by atoms with Gasteiger partial charge in [-0.15, -0.1) is 0 Å². The zero-order valence-corrected chi connectivity index (χ0v) is 11.5. The van der Waals surface area contributed by atoms with Crippen LogP contribution in [0.3, 0.4) is 0 Å². The number of hydrogen-bond acceptors (Lipinski definition) is 1. The molecule has 92 valence electrons. The van der Waals surface area contributed by atoms with Crippen LogP contribution in [0.15, 0.2) is 41.3 Å². The Balaban J connectivity index is 2.34. The molecule has 18 heavy (non-hydrogen) atoms. The second-order valence-corrected chi connectivity index (χ2v) is 6.25. The van der Waals surface area contributed by atoms with E-state index >= 15 is 0 Å². The lowest BCUT2D eigenvalue weighted by Crippen LogP contribution is -2.25. The highest BCUT2D eigenvalue weighted by Crippen LogP contribution is 2.41. The van der Waals surface area contributed by atoms with Crippen molar-refractivity contribution in [2.24, 2.45) is 0 Å². The van der Waals surface area contributed by atoms with Crippen LogP contribution in [0.2, 0.25) is 0 Å². The third-order valence-electron chi connectivity index (χ3n) is 3.36. The summed E-state index contributed by atoms with van der Waals surface area (Å²) in [7, 11) is 0.782. The van der Waals surface area contributed by atoms with Crippen molar-refractivity contribution in [2.45, 2.75) is 18.7 Å². The molecule has 0 bridgehead atoms. The summed E-state index contributed by atoms with van der Waals surface area (Å²) in [5, 5.41) is 0. The molecule has 2 nitrogen and oxygen atoms in total. The van der Waals surface area contributed by atoms with Gasteiger partial charge >= 0.3 is 0 Å². The Bertz CT molecular complexity index is 664. The first-order chi connectivity index (χ1) is 8.58. The molecule has 1 atom stereocenters. The van der Waals surface area contributed by atoms with Gasteiger partial charge in [-0.1, -0.05) is 24.3 Å². The van der Waals surface area contributed by atoms with Gasteiger partial charge in [0.05, 0.1) is 10.6 Å². The van der Waals surface area contributed by atoms with Crippen molar-refractivity contribution in [1.82, 2.24) is 0 Å². The summed E-state index contributed by atoms with van der Waals surface area (Å²) in [5.41, 5.74) is 5.63. The molecule has 0 radical (unpaired) electrons. The van der Waals surface area contributed by atoms with E-state index in [1.54, 1.807) is 0 Å². The van der Waals surface area contributed by atoms with Crippen LogP contribution < -0.4 is 4.31 Å². The minimum Gasteiger partial charge on any atom is -0.290 e. The molecule has 0 spiro atoms. The van der Waals surface area contributed by atoms with E-state index in [-0.39, 0.29) is 0 Å². The molecule has 2 aromatic rings. The molecule has 0 fully saturated rings. The zero-order valence-electron chi connectivity index (χ0n) is 10.7. The first-order valence-electron chi connectivity index (χ1n) is 5.95. The van der Waals surface area contributed by atoms with Gasteiger partial charge in [0.1, 0.15) is 0 Å². The predicted molar refractivity (Wildman–Crippen MR) is 76.2 cm³/mol. The fourth-order valence-corrected chi connectivity index (χ4v) is 3.64. The van der Waals surface area contributed by atoms with Crippen molar-refractivity contribution in [1.29, 1.82) is 0 Å². The molecule has 0 N–H and O–H groups in total. The maximum atomic E-state index is 12.5. The fourth-order valence-electron chi connectivity index (χ4n) is 2.36. The maximum absolute atomic E-state index is 12.5. The van der Waals surface area contributed by atoms with Crippen LogP contribution >= 0.6 is 0 Å². The Morgan fingerprint density at radius 1 is 0.944 bits per heavy atom. The van der Waals surface area contributed by atoms with Gasteiger partial charge < -0.3 is 0 Å². The second kappa shape index (κ2) is 3.95. The largest absolute Gasteiger partial charge is 0.290 e. The maximum Gasteiger partial charge on any atom is 0.153 e. The summed E-state index contributed by atoms with van der Waals surface area (Å²) >= 11 is 0. The molecule has 0 aromatic heterocycles. The number of aryl methyl sites for hydroxylation is 2. The van der Waals surface area contributed by atoms with Crippen LogP contribution in [-0.2, 0) is 11.0 Å². The minimum atomic E-state index is -1.11. The number of nitrogens with zero attached hydrogens (tertiary/aromatic N) is 1. The summed E-state index contributed by atoms with van der Waals surface area (Å²) in [6.45, 7) is 4.09. The summed E-state index contributed by atoms with van der Waals surface area (Å²) < 4.78 is 14.3. The zero-order chi connectivity index (χ0) is 12.9. The van der Waals surface area contributed by atoms with Crippen molar-refractivity contribution in [2.75, 3.05) is 11.4 Å². The van der Waals surface area contributed by atoms with Crippen LogP contribution in [0.1, 0.15) is 11.1 Å². The van der Waals surface area contributed by atoms with E-state index in [0.29, 0.717) is 0 Å². The van der Waals surface area contributed by atoms with Gasteiger partial charge in [-0.2, -0.15) is 0 Å². The number of hydrogen-bond donors (Lipinski definition) is 0. The molecule has 3 heteroatoms. The standard InChI is InChI=1S/C15H15NOS/c1-10-4-6-12-13-7-5-11(2)9-15(13)18(17)16(3)14(12)8-10/h4-9H,1-3H3. The fraction of sp³-hybridized carbons (Fsp3) is 0.200. The lowest BCUT2D eigenvalue weighted by Gasteiger charge is -2.28. The van der Waals surface area contributed by atoms with E-state index in [4.69, 9.17) is 0 Å². The lowest BCUT2D eigenvalue weighted by molar-refractivity contribution is 0.681. The molecule has 1 heterocycles. The highest BCUT2D eigenvalue weighted by molar-refractivity contribution is 7.86. The highest BCUT2D eigenvalue weighted by Gasteiger charge is 2.25. The molecule has 1 unspecified atom stereocenters. The minimum absolute atomic E-state index is 0.911. The van der Waals surface area contributed by atoms with Crippen LogP contribution in [-0.4, -0.2) is 11.3 Å². The third kappa shape index (κ3) is 1.58. The van der Waals surface area contributed by atoms with E-state index < -0.39 is 11.0 Å². The highest BCUT2D eigenvalue weighted by atomic mass is 32.2. The van der Waals surface area contributed by atoms with Crippen molar-refractivity contribution in [3.63, 3.8) is 0 Å². The quantitative estimate of drug-likeness (QED) is 0.708. The molecule has 1 aliphatic rings. The Morgan fingerprint density at radius 3 is 2.28 bits per heavy atom. The smallest absolute Gasteiger partial charge is 0.153 e. The summed E-state index contributed by atoms with van der Waals surface area (Å²) in [6.07, 6.45) is 0. The summed E-state index contributed by atoms with van der Waals surface area (Å²) in [4.78, 5) is 0.911. The number of benzene rings is 2. The molecule has 0 saturated heterocycles. The van der Waals surface area contributed by atoms with Crippen LogP contribution in [0, 0.1) is 13.8 Å². The second-order valence-electron chi connectivity index (χ2n) is 4.77. The molecule has 3 rings (SSSR count). The predicted octanol–water partition coefficient (Wildman–Crippen LogP) is 3.44. The lowest BCUT2D eigenvalue weighted by atomic mass is 10.0. The third-order valence-corrected chi connectivity index (χ3v) is 4.76. The molecular formula is C15H15NOS. The first kappa shape index (κ1) is 11.5. The van der Waals surface area contributed by atoms with E-state index in [2.05, 4.69) is 37.3 Å². The average Bonchev–Trinajstić information content (AvgIpc) is 2.36. The van der Waals surface area contributed by atoms with E-state index in [9.17, 15) is 4.21 Å². The molecule has 0 saturated carbocycles. The summed E-state index contributed by atoms with van der Waals surface area (Å²) in [6, 6.07) is 12.5. The summed E-state index contributed by atoms with van der Waals surface area (Å²) in [5.74, 6) is 0. The number of fused-ring (bicyclic) bond motifs is 3. The van der Waals surface area contributed by atoms with E-state index in [1.807, 2.05) is 24.3 Å². The Morgan fingerprint density at radius 2 is 1.56 bits per heavy atom. The van der Waals surface area contributed by atoms with Gasteiger partial charge in [0.15, 0.2) is 11.0 Å². The number of rotatable bonds is 0. The van der Waals surface area contributed by atoms with Gasteiger partial charge in [0.25, 0.3) is 0 Å². The molecule has 0 amide bonds. The van der Waals surface area contributed by atoms with Gasteiger partial charge in [-0.05, 0) is 37.1 Å². The van der Waals surface area contributed by atoms with Crippen LogP contribution in [0.5, 0.6) is 0 Å². The molecule has 0 aliphatic carbocycles. The molecule has 2 aromatic carbocycles. The van der Waals surface area contributed by atoms with Crippen molar-refractivity contribution in [3.05, 3.63) is 47.5 Å². The Labute approximate surface area is 110 Å². The monoisotopic (exact) mass is 257 g/mol. The van der Waals surface area contributed by atoms with Gasteiger partial charge in [0.2, 0.25) is 0 Å². The molecule has 1 aliphatic heterocycles. The van der Waals surface area contributed by atoms with Gasteiger partial charge in [0, 0.05) is 18.2 Å². The SMILES string of the molecule is Cc1ccc2c(c1)N(C)S(=O)c1cc(C)ccc1-2. The Kier molecular flexibility index (Phi) is 2.52. The van der Waals surface area contributed by atoms with Crippen LogP contribution in [0.25, 0.3) is 11.1 Å².